The van der Waals surface area contributed by atoms with Gasteiger partial charge in [0, 0.05) is 5.25 Å². The lowest BCUT2D eigenvalue weighted by molar-refractivity contribution is -0.137. The standard InChI is InChI=1S/C21H18ClF3N2O4S2/c1-31-14-5-2-12(3-6-14)8-19(28)26-20-27(17-10-33(29,30)11-18(17)32-20)16-9-13(21(23,24)25)4-7-15(16)22/h2-7,9,17-18H,8,10-11H2,1H3/t17-,18+/m1/s1. The second kappa shape index (κ2) is 8.84. The number of anilines is 1. The highest BCUT2D eigenvalue weighted by Crippen LogP contribution is 2.44. The normalized spacial score (nSPS) is 23.1. The molecule has 2 aromatic carbocycles. The highest BCUT2D eigenvalue weighted by Gasteiger charge is 2.50. The van der Waals surface area contributed by atoms with Gasteiger partial charge in [-0.2, -0.15) is 18.2 Å². The van der Waals surface area contributed by atoms with E-state index in [9.17, 15) is 26.4 Å². The first-order valence-corrected chi connectivity index (χ1v) is 12.8. The van der Waals surface area contributed by atoms with Crippen LogP contribution >= 0.6 is 23.4 Å². The summed E-state index contributed by atoms with van der Waals surface area (Å²) >= 11 is 7.30. The molecular formula is C21H18ClF3N2O4S2. The van der Waals surface area contributed by atoms with Crippen LogP contribution in [0.15, 0.2) is 47.5 Å². The van der Waals surface area contributed by atoms with Crippen molar-refractivity contribution in [1.82, 2.24) is 0 Å². The number of methoxy groups -OCH3 is 1. The van der Waals surface area contributed by atoms with Gasteiger partial charge in [0.1, 0.15) is 5.75 Å². The summed E-state index contributed by atoms with van der Waals surface area (Å²) in [5.41, 5.74) is -0.278. The second-order valence-electron chi connectivity index (χ2n) is 7.65. The van der Waals surface area contributed by atoms with Crippen LogP contribution in [0.3, 0.4) is 0 Å². The predicted octanol–water partition coefficient (Wildman–Crippen LogP) is 4.21. The molecule has 0 N–H and O–H groups in total. The van der Waals surface area contributed by atoms with Gasteiger partial charge in [-0.1, -0.05) is 35.5 Å². The molecule has 2 saturated heterocycles. The van der Waals surface area contributed by atoms with E-state index >= 15 is 0 Å². The third kappa shape index (κ3) is 5.15. The lowest BCUT2D eigenvalue weighted by Gasteiger charge is -2.26. The highest BCUT2D eigenvalue weighted by molar-refractivity contribution is 8.16. The van der Waals surface area contributed by atoms with E-state index < -0.39 is 38.8 Å². The Morgan fingerprint density at radius 1 is 1.21 bits per heavy atom. The number of fused-ring (bicyclic) bond motifs is 1. The molecule has 0 radical (unpaired) electrons. The summed E-state index contributed by atoms with van der Waals surface area (Å²) in [6.07, 6.45) is -4.65. The van der Waals surface area contributed by atoms with Crippen molar-refractivity contribution in [1.29, 1.82) is 0 Å². The molecule has 2 atom stereocenters. The molecule has 0 aromatic heterocycles. The lowest BCUT2D eigenvalue weighted by atomic mass is 10.1. The topological polar surface area (TPSA) is 76.0 Å². The van der Waals surface area contributed by atoms with E-state index in [4.69, 9.17) is 16.3 Å². The zero-order valence-corrected chi connectivity index (χ0v) is 19.6. The molecule has 2 aliphatic rings. The molecule has 1 amide bonds. The van der Waals surface area contributed by atoms with Gasteiger partial charge < -0.3 is 9.64 Å². The molecule has 2 fully saturated rings. The van der Waals surface area contributed by atoms with Crippen LogP contribution in [0, 0.1) is 0 Å². The first-order valence-electron chi connectivity index (χ1n) is 9.74. The first kappa shape index (κ1) is 23.9. The van der Waals surface area contributed by atoms with Crippen LogP contribution in [-0.4, -0.2) is 49.4 Å². The number of alkyl halides is 3. The van der Waals surface area contributed by atoms with E-state index in [0.29, 0.717) is 11.3 Å². The summed E-state index contributed by atoms with van der Waals surface area (Å²) in [6, 6.07) is 8.96. The molecule has 0 aliphatic carbocycles. The molecule has 0 unspecified atom stereocenters. The number of hydrogen-bond acceptors (Lipinski definition) is 5. The maximum absolute atomic E-state index is 13.3. The van der Waals surface area contributed by atoms with Crippen LogP contribution in [0.1, 0.15) is 11.1 Å². The van der Waals surface area contributed by atoms with Gasteiger partial charge in [-0.25, -0.2) is 8.42 Å². The Morgan fingerprint density at radius 2 is 1.91 bits per heavy atom. The molecule has 2 heterocycles. The quantitative estimate of drug-likeness (QED) is 0.603. The van der Waals surface area contributed by atoms with Gasteiger partial charge in [0.15, 0.2) is 15.0 Å². The first-order chi connectivity index (χ1) is 15.5. The highest BCUT2D eigenvalue weighted by atomic mass is 35.5. The Bertz CT molecular complexity index is 1220. The second-order valence-corrected chi connectivity index (χ2v) is 11.4. The molecule has 4 rings (SSSR count). The number of amidine groups is 1. The van der Waals surface area contributed by atoms with E-state index in [2.05, 4.69) is 4.99 Å². The molecule has 0 bridgehead atoms. The molecule has 12 heteroatoms. The fourth-order valence-corrected chi connectivity index (χ4v) is 7.92. The molecule has 33 heavy (non-hydrogen) atoms. The van der Waals surface area contributed by atoms with Gasteiger partial charge in [-0.15, -0.1) is 0 Å². The smallest absolute Gasteiger partial charge is 0.416 e. The number of sulfone groups is 1. The third-order valence-electron chi connectivity index (χ3n) is 5.33. The number of rotatable bonds is 4. The summed E-state index contributed by atoms with van der Waals surface area (Å²) in [5, 5.41) is -0.323. The molecular weight excluding hydrogens is 501 g/mol. The average molecular weight is 519 g/mol. The van der Waals surface area contributed by atoms with Crippen molar-refractivity contribution in [3.63, 3.8) is 0 Å². The van der Waals surface area contributed by atoms with Crippen molar-refractivity contribution in [2.24, 2.45) is 4.99 Å². The van der Waals surface area contributed by atoms with Gasteiger partial charge in [-0.05, 0) is 35.9 Å². The van der Waals surface area contributed by atoms with E-state index in [1.54, 1.807) is 24.3 Å². The number of amides is 1. The minimum atomic E-state index is -4.62. The summed E-state index contributed by atoms with van der Waals surface area (Å²) < 4.78 is 69.4. The number of aliphatic imine (C=N–C) groups is 1. The predicted molar refractivity (Wildman–Crippen MR) is 122 cm³/mol. The molecule has 2 aliphatic heterocycles. The Balaban J connectivity index is 1.69. The number of benzene rings is 2. The molecule has 0 saturated carbocycles. The van der Waals surface area contributed by atoms with E-state index in [-0.39, 0.29) is 33.8 Å². The third-order valence-corrected chi connectivity index (χ3v) is 8.86. The van der Waals surface area contributed by atoms with Crippen LogP contribution in [0.4, 0.5) is 18.9 Å². The van der Waals surface area contributed by atoms with Crippen molar-refractivity contribution in [2.45, 2.75) is 23.9 Å². The summed E-state index contributed by atoms with van der Waals surface area (Å²) in [6.45, 7) is 0. The Hall–Kier alpha value is -2.24. The van der Waals surface area contributed by atoms with Crippen LogP contribution in [-0.2, 0) is 27.2 Å². The number of thioether (sulfide) groups is 1. The molecule has 176 valence electrons. The number of nitrogens with zero attached hydrogens (tertiary/aromatic N) is 2. The minimum Gasteiger partial charge on any atom is -0.497 e. The number of ether oxygens (including phenoxy) is 1. The van der Waals surface area contributed by atoms with Crippen molar-refractivity contribution >= 4 is 50.0 Å². The lowest BCUT2D eigenvalue weighted by Crippen LogP contribution is -2.38. The summed E-state index contributed by atoms with van der Waals surface area (Å²) in [7, 11) is -1.86. The fourth-order valence-electron chi connectivity index (χ4n) is 3.78. The maximum atomic E-state index is 13.3. The average Bonchev–Trinajstić information content (AvgIpc) is 3.19. The number of carbonyl (C=O) groups excluding carboxylic acids is 1. The molecule has 2 aromatic rings. The summed E-state index contributed by atoms with van der Waals surface area (Å²) in [5.74, 6) is -0.300. The number of hydrogen-bond donors (Lipinski definition) is 0. The van der Waals surface area contributed by atoms with E-state index in [1.165, 1.54) is 12.0 Å². The van der Waals surface area contributed by atoms with Gasteiger partial charge in [0.2, 0.25) is 0 Å². The maximum Gasteiger partial charge on any atom is 0.416 e. The van der Waals surface area contributed by atoms with Crippen LogP contribution in [0.25, 0.3) is 0 Å². The largest absolute Gasteiger partial charge is 0.497 e. The van der Waals surface area contributed by atoms with Gasteiger partial charge in [0.25, 0.3) is 5.91 Å². The van der Waals surface area contributed by atoms with Crippen LogP contribution in [0.2, 0.25) is 5.02 Å². The van der Waals surface area contributed by atoms with Crippen LogP contribution < -0.4 is 9.64 Å². The van der Waals surface area contributed by atoms with Crippen molar-refractivity contribution in [3.05, 3.63) is 58.6 Å². The van der Waals surface area contributed by atoms with E-state index in [0.717, 1.165) is 30.0 Å². The number of carbonyl (C=O) groups is 1. The Labute approximate surface area is 197 Å². The Kier molecular flexibility index (Phi) is 6.41. The van der Waals surface area contributed by atoms with Gasteiger partial charge in [-0.3, -0.25) is 4.79 Å². The minimum absolute atomic E-state index is 0.00357. The molecule has 6 nitrogen and oxygen atoms in total. The molecule has 0 spiro atoms. The van der Waals surface area contributed by atoms with E-state index in [1.807, 2.05) is 0 Å². The van der Waals surface area contributed by atoms with Crippen molar-refractivity contribution < 1.29 is 31.1 Å². The Morgan fingerprint density at radius 3 is 2.55 bits per heavy atom. The van der Waals surface area contributed by atoms with Crippen molar-refractivity contribution in [3.8, 4) is 5.75 Å². The zero-order chi connectivity index (χ0) is 24.0. The number of halogens is 4. The van der Waals surface area contributed by atoms with Gasteiger partial charge >= 0.3 is 6.18 Å². The monoisotopic (exact) mass is 518 g/mol. The van der Waals surface area contributed by atoms with Crippen LogP contribution in [0.5, 0.6) is 5.75 Å². The fraction of sp³-hybridized carbons (Fsp3) is 0.333. The SMILES string of the molecule is COc1ccc(CC(=O)N=C2S[C@H]3CS(=O)(=O)C[C@H]3N2c2cc(C(F)(F)F)ccc2Cl)cc1. The van der Waals surface area contributed by atoms with Gasteiger partial charge in [0.05, 0.1) is 47.4 Å². The zero-order valence-electron chi connectivity index (χ0n) is 17.2. The van der Waals surface area contributed by atoms with Crippen molar-refractivity contribution in [2.75, 3.05) is 23.5 Å². The summed E-state index contributed by atoms with van der Waals surface area (Å²) in [4.78, 5) is 18.2.